The molecule has 0 fully saturated rings. The first kappa shape index (κ1) is 23.6. The van der Waals surface area contributed by atoms with Crippen molar-refractivity contribution in [2.24, 2.45) is 0 Å². The number of aliphatic hydroxyl groups excluding tert-OH is 1. The molecule has 1 aromatic heterocycles. The van der Waals surface area contributed by atoms with E-state index in [0.29, 0.717) is 44.6 Å². The van der Waals surface area contributed by atoms with Crippen LogP contribution in [0.1, 0.15) is 31.3 Å². The number of imidazole rings is 1. The molecule has 0 aliphatic rings. The van der Waals surface area contributed by atoms with Crippen molar-refractivity contribution in [3.63, 3.8) is 0 Å². The lowest BCUT2D eigenvalue weighted by Gasteiger charge is -2.13. The van der Waals surface area contributed by atoms with Gasteiger partial charge in [0.15, 0.2) is 9.84 Å². The minimum absolute atomic E-state index is 0.00644. The number of nitrogens with zero attached hydrogens (tertiary/aromatic N) is 1. The van der Waals surface area contributed by atoms with E-state index in [-0.39, 0.29) is 16.5 Å². The monoisotopic (exact) mass is 504 g/mol. The molecule has 0 radical (unpaired) electrons. The van der Waals surface area contributed by atoms with E-state index in [2.05, 4.69) is 9.97 Å². The van der Waals surface area contributed by atoms with Crippen LogP contribution in [0.4, 0.5) is 0 Å². The van der Waals surface area contributed by atoms with Crippen molar-refractivity contribution in [3.8, 4) is 16.9 Å². The van der Waals surface area contributed by atoms with Gasteiger partial charge < -0.3 is 14.8 Å². The van der Waals surface area contributed by atoms with Crippen molar-refractivity contribution < 1.29 is 18.3 Å². The van der Waals surface area contributed by atoms with E-state index in [1.54, 1.807) is 25.1 Å². The van der Waals surface area contributed by atoms with Gasteiger partial charge in [-0.25, -0.2) is 13.4 Å². The van der Waals surface area contributed by atoms with Crippen molar-refractivity contribution in [2.45, 2.75) is 24.8 Å². The summed E-state index contributed by atoms with van der Waals surface area (Å²) in [6.45, 7) is 3.97. The fourth-order valence-electron chi connectivity index (χ4n) is 3.61. The molecule has 33 heavy (non-hydrogen) atoms. The standard InChI is InChI=1S/C24H22Cl2N2O4S/c1-3-32-19-8-6-5-7-16(19)20-17(25)13-18-22(21(20)26)28-24(27-18)23(29)14-9-11-15(12-10-14)33(30,31)4-2/h5-13,23,29H,3-4H2,1-2H3,(H,27,28). The molecule has 0 saturated carbocycles. The average Bonchev–Trinajstić information content (AvgIpc) is 3.24. The van der Waals surface area contributed by atoms with Crippen molar-refractivity contribution in [1.82, 2.24) is 9.97 Å². The van der Waals surface area contributed by atoms with Gasteiger partial charge in [0.05, 0.1) is 32.8 Å². The molecule has 3 aromatic carbocycles. The van der Waals surface area contributed by atoms with Crippen LogP contribution in [-0.4, -0.2) is 35.9 Å². The first-order valence-corrected chi connectivity index (χ1v) is 12.8. The minimum Gasteiger partial charge on any atom is -0.493 e. The largest absolute Gasteiger partial charge is 0.493 e. The fourth-order valence-corrected chi connectivity index (χ4v) is 5.20. The summed E-state index contributed by atoms with van der Waals surface area (Å²) < 4.78 is 29.8. The molecule has 0 bridgehead atoms. The molecular formula is C24H22Cl2N2O4S. The van der Waals surface area contributed by atoms with Crippen molar-refractivity contribution in [3.05, 3.63) is 76.0 Å². The first-order chi connectivity index (χ1) is 15.8. The Morgan fingerprint density at radius 3 is 2.45 bits per heavy atom. The molecule has 4 rings (SSSR count). The molecule has 0 saturated heterocycles. The molecule has 6 nitrogen and oxygen atoms in total. The van der Waals surface area contributed by atoms with Gasteiger partial charge in [0, 0.05) is 11.1 Å². The van der Waals surface area contributed by atoms with Crippen molar-refractivity contribution in [2.75, 3.05) is 12.4 Å². The van der Waals surface area contributed by atoms with Crippen LogP contribution in [-0.2, 0) is 9.84 Å². The van der Waals surface area contributed by atoms with Crippen LogP contribution in [0.3, 0.4) is 0 Å². The maximum absolute atomic E-state index is 12.0. The zero-order chi connectivity index (χ0) is 23.8. The number of aliphatic hydroxyl groups is 1. The third-order valence-electron chi connectivity index (χ3n) is 5.34. The van der Waals surface area contributed by atoms with Crippen molar-refractivity contribution >= 4 is 44.1 Å². The van der Waals surface area contributed by atoms with E-state index in [9.17, 15) is 13.5 Å². The first-order valence-electron chi connectivity index (χ1n) is 10.4. The van der Waals surface area contributed by atoms with E-state index in [1.165, 1.54) is 12.1 Å². The molecule has 172 valence electrons. The van der Waals surface area contributed by atoms with Crippen LogP contribution >= 0.6 is 23.2 Å². The highest BCUT2D eigenvalue weighted by molar-refractivity contribution is 7.91. The Hall–Kier alpha value is -2.58. The van der Waals surface area contributed by atoms with Crippen LogP contribution in [0.15, 0.2) is 59.5 Å². The number of rotatable bonds is 7. The second kappa shape index (κ2) is 9.35. The Kier molecular flexibility index (Phi) is 6.68. The van der Waals surface area contributed by atoms with E-state index in [0.717, 1.165) is 5.56 Å². The highest BCUT2D eigenvalue weighted by atomic mass is 35.5. The number of ether oxygens (including phenoxy) is 1. The number of H-pyrrole nitrogens is 1. The number of fused-ring (bicyclic) bond motifs is 1. The number of halogens is 2. The molecule has 9 heteroatoms. The molecule has 1 atom stereocenters. The van der Waals surface area contributed by atoms with Crippen LogP contribution in [0.2, 0.25) is 10.0 Å². The Morgan fingerprint density at radius 2 is 1.79 bits per heavy atom. The minimum atomic E-state index is -3.32. The predicted octanol–water partition coefficient (Wildman–Crippen LogP) is 5.81. The zero-order valence-electron chi connectivity index (χ0n) is 18.0. The molecule has 2 N–H and O–H groups in total. The fraction of sp³-hybridized carbons (Fsp3) is 0.208. The average molecular weight is 505 g/mol. The van der Waals surface area contributed by atoms with Gasteiger partial charge in [-0.15, -0.1) is 0 Å². The molecule has 0 aliphatic heterocycles. The molecule has 0 amide bonds. The lowest BCUT2D eigenvalue weighted by molar-refractivity contribution is 0.211. The Labute approximate surface area is 202 Å². The summed E-state index contributed by atoms with van der Waals surface area (Å²) in [6.07, 6.45) is -1.11. The quantitative estimate of drug-likeness (QED) is 0.331. The number of benzene rings is 3. The lowest BCUT2D eigenvalue weighted by atomic mass is 10.0. The summed E-state index contributed by atoms with van der Waals surface area (Å²) in [5.74, 6) is 0.928. The summed E-state index contributed by atoms with van der Waals surface area (Å²) in [5.41, 5.74) is 2.86. The zero-order valence-corrected chi connectivity index (χ0v) is 20.3. The Morgan fingerprint density at radius 1 is 1.09 bits per heavy atom. The summed E-state index contributed by atoms with van der Waals surface area (Å²) in [6, 6.07) is 15.3. The van der Waals surface area contributed by atoms with Gasteiger partial charge in [0.25, 0.3) is 0 Å². The maximum Gasteiger partial charge on any atom is 0.178 e. The molecule has 0 aliphatic carbocycles. The van der Waals surface area contributed by atoms with Gasteiger partial charge in [0.1, 0.15) is 23.2 Å². The number of aromatic amines is 1. The SMILES string of the molecule is CCOc1ccccc1-c1c(Cl)cc2[nH]c(C(O)c3ccc(S(=O)(=O)CC)cc3)nc2c1Cl. The predicted molar refractivity (Wildman–Crippen MR) is 131 cm³/mol. The van der Waals surface area contributed by atoms with Crippen LogP contribution in [0.5, 0.6) is 5.75 Å². The number of hydrogen-bond donors (Lipinski definition) is 2. The Balaban J connectivity index is 1.76. The normalized spacial score (nSPS) is 12.8. The van der Waals surface area contributed by atoms with Gasteiger partial charge in [0.2, 0.25) is 0 Å². The molecule has 0 spiro atoms. The highest BCUT2D eigenvalue weighted by Gasteiger charge is 2.22. The summed E-state index contributed by atoms with van der Waals surface area (Å²) in [5, 5.41) is 11.6. The van der Waals surface area contributed by atoms with Crippen LogP contribution < -0.4 is 4.74 Å². The molecule has 1 unspecified atom stereocenters. The van der Waals surface area contributed by atoms with Gasteiger partial charge in [-0.05, 0) is 36.8 Å². The van der Waals surface area contributed by atoms with E-state index in [1.807, 2.05) is 31.2 Å². The van der Waals surface area contributed by atoms with E-state index >= 15 is 0 Å². The number of nitrogens with one attached hydrogen (secondary N) is 1. The van der Waals surface area contributed by atoms with Crippen LogP contribution in [0, 0.1) is 0 Å². The number of aromatic nitrogens is 2. The highest BCUT2D eigenvalue weighted by Crippen LogP contribution is 2.43. The van der Waals surface area contributed by atoms with Gasteiger partial charge in [-0.2, -0.15) is 0 Å². The topological polar surface area (TPSA) is 92.3 Å². The maximum atomic E-state index is 12.0. The van der Waals surface area contributed by atoms with Gasteiger partial charge in [-0.1, -0.05) is 60.5 Å². The van der Waals surface area contributed by atoms with Gasteiger partial charge >= 0.3 is 0 Å². The van der Waals surface area contributed by atoms with E-state index in [4.69, 9.17) is 27.9 Å². The second-order valence-corrected chi connectivity index (χ2v) is 10.4. The smallest absolute Gasteiger partial charge is 0.178 e. The van der Waals surface area contributed by atoms with Gasteiger partial charge in [-0.3, -0.25) is 0 Å². The molecular weight excluding hydrogens is 483 g/mol. The number of hydrogen-bond acceptors (Lipinski definition) is 5. The van der Waals surface area contributed by atoms with Crippen molar-refractivity contribution in [1.29, 1.82) is 0 Å². The van der Waals surface area contributed by atoms with Crippen LogP contribution in [0.25, 0.3) is 22.2 Å². The molecule has 1 heterocycles. The van der Waals surface area contributed by atoms with E-state index < -0.39 is 15.9 Å². The lowest BCUT2D eigenvalue weighted by Crippen LogP contribution is -2.05. The third kappa shape index (κ3) is 4.46. The summed E-state index contributed by atoms with van der Waals surface area (Å²) in [7, 11) is -3.32. The second-order valence-electron chi connectivity index (χ2n) is 7.37. The Bertz CT molecular complexity index is 1420. The number of para-hydroxylation sites is 1. The summed E-state index contributed by atoms with van der Waals surface area (Å²) >= 11 is 13.3. The number of sulfone groups is 1. The molecule has 4 aromatic rings. The third-order valence-corrected chi connectivity index (χ3v) is 7.75. The summed E-state index contributed by atoms with van der Waals surface area (Å²) in [4.78, 5) is 7.80.